The molecule has 0 bridgehead atoms. The first-order chi connectivity index (χ1) is 9.93. The van der Waals surface area contributed by atoms with Gasteiger partial charge in [-0.25, -0.2) is 4.79 Å². The maximum absolute atomic E-state index is 12.1. The van der Waals surface area contributed by atoms with Crippen LogP contribution in [0.4, 0.5) is 4.79 Å². The van der Waals surface area contributed by atoms with Crippen molar-refractivity contribution in [2.75, 3.05) is 13.2 Å². The van der Waals surface area contributed by atoms with Crippen LogP contribution in [-0.4, -0.2) is 52.2 Å². The Kier molecular flexibility index (Phi) is 11.3. The molecule has 6 heteroatoms. The number of hydrogen-bond donors (Lipinski definition) is 1. The van der Waals surface area contributed by atoms with Crippen molar-refractivity contribution in [3.63, 3.8) is 0 Å². The molecule has 1 atom stereocenters. The first-order valence-electron chi connectivity index (χ1n) is 7.85. The summed E-state index contributed by atoms with van der Waals surface area (Å²) in [7, 11) is -0.624. The summed E-state index contributed by atoms with van der Waals surface area (Å²) in [6, 6.07) is 1.45. The second-order valence-electron chi connectivity index (χ2n) is 5.46. The first-order valence-corrected chi connectivity index (χ1v) is 9.43. The van der Waals surface area contributed by atoms with E-state index in [4.69, 9.17) is 9.16 Å². The summed E-state index contributed by atoms with van der Waals surface area (Å²) >= 11 is 0. The van der Waals surface area contributed by atoms with Crippen LogP contribution in [-0.2, 0) is 9.16 Å². The molecule has 5 nitrogen and oxygen atoms in total. The fourth-order valence-corrected chi connectivity index (χ4v) is 3.21. The first kappa shape index (κ1) is 20.1. The van der Waals surface area contributed by atoms with E-state index in [1.54, 1.807) is 6.08 Å². The number of carbonyl (C=O) groups excluding carboxylic acids is 1. The molecule has 0 aromatic heterocycles. The van der Waals surface area contributed by atoms with E-state index in [1.807, 2.05) is 39.5 Å². The van der Waals surface area contributed by atoms with Gasteiger partial charge in [-0.1, -0.05) is 6.58 Å². The Morgan fingerprint density at radius 1 is 1.33 bits per heavy atom. The summed E-state index contributed by atoms with van der Waals surface area (Å²) in [6.07, 6.45) is 2.35. The topological polar surface area (TPSA) is 50.8 Å². The summed E-state index contributed by atoms with van der Waals surface area (Å²) in [5.74, 6) is 0. The van der Waals surface area contributed by atoms with Crippen molar-refractivity contribution >= 4 is 15.8 Å². The van der Waals surface area contributed by atoms with Crippen LogP contribution in [0.25, 0.3) is 0 Å². The lowest BCUT2D eigenvalue weighted by Crippen LogP contribution is -2.47. The van der Waals surface area contributed by atoms with Gasteiger partial charge >= 0.3 is 6.03 Å². The predicted octanol–water partition coefficient (Wildman–Crippen LogP) is 2.27. The Hall–Kier alpha value is -0.853. The highest BCUT2D eigenvalue weighted by Gasteiger charge is 2.19. The number of urea groups is 1. The quantitative estimate of drug-likeness (QED) is 0.275. The summed E-state index contributed by atoms with van der Waals surface area (Å²) in [5, 5.41) is 2.97. The van der Waals surface area contributed by atoms with Gasteiger partial charge in [-0.3, -0.25) is 0 Å². The molecule has 124 valence electrons. The number of rotatable bonds is 11. The molecule has 0 aromatic rings. The third-order valence-corrected chi connectivity index (χ3v) is 4.35. The summed E-state index contributed by atoms with van der Waals surface area (Å²) in [5.41, 5.74) is 0. The molecular weight excluding hydrogens is 284 g/mol. The van der Waals surface area contributed by atoms with Crippen molar-refractivity contribution in [1.82, 2.24) is 10.2 Å². The predicted molar refractivity (Wildman–Crippen MR) is 90.2 cm³/mol. The smallest absolute Gasteiger partial charge is 0.317 e. The number of nitrogens with one attached hydrogen (secondary N) is 1. The second-order valence-corrected chi connectivity index (χ2v) is 6.91. The van der Waals surface area contributed by atoms with Crippen molar-refractivity contribution in [3.05, 3.63) is 12.7 Å². The zero-order valence-electron chi connectivity index (χ0n) is 14.2. The standard InChI is InChI=1S/C15H32N2O3Si/c1-7-14(19-8-2)20-21-11-9-10-16-15(18)17(12(3)4)13(5)6/h7,12-14H,1,8-11,21H2,2-6H3,(H,16,18). The van der Waals surface area contributed by atoms with E-state index in [2.05, 4.69) is 11.9 Å². The summed E-state index contributed by atoms with van der Waals surface area (Å²) in [4.78, 5) is 13.9. The van der Waals surface area contributed by atoms with Crippen LogP contribution >= 0.6 is 0 Å². The Morgan fingerprint density at radius 3 is 2.43 bits per heavy atom. The Morgan fingerprint density at radius 2 is 1.95 bits per heavy atom. The molecule has 1 N–H and O–H groups in total. The van der Waals surface area contributed by atoms with E-state index in [0.29, 0.717) is 13.2 Å². The lowest BCUT2D eigenvalue weighted by atomic mass is 10.2. The van der Waals surface area contributed by atoms with E-state index >= 15 is 0 Å². The second kappa shape index (κ2) is 11.8. The van der Waals surface area contributed by atoms with E-state index in [-0.39, 0.29) is 24.4 Å². The van der Waals surface area contributed by atoms with Crippen molar-refractivity contribution in [2.45, 2.75) is 65.5 Å². The van der Waals surface area contributed by atoms with E-state index in [1.165, 1.54) is 0 Å². The highest BCUT2D eigenvalue weighted by molar-refractivity contribution is 6.27. The van der Waals surface area contributed by atoms with Crippen LogP contribution in [0.15, 0.2) is 12.7 Å². The lowest BCUT2D eigenvalue weighted by molar-refractivity contribution is -0.0390. The molecule has 2 amide bonds. The van der Waals surface area contributed by atoms with Crippen LogP contribution in [0.2, 0.25) is 6.04 Å². The molecular formula is C15H32N2O3Si. The molecule has 0 aliphatic heterocycles. The van der Waals surface area contributed by atoms with Gasteiger partial charge in [0, 0.05) is 25.2 Å². The summed E-state index contributed by atoms with van der Waals surface area (Å²) in [6.45, 7) is 15.1. The molecule has 0 aliphatic rings. The van der Waals surface area contributed by atoms with Crippen LogP contribution in [0, 0.1) is 0 Å². The molecule has 0 aliphatic carbocycles. The van der Waals surface area contributed by atoms with Crippen LogP contribution in [0.5, 0.6) is 0 Å². The molecule has 0 spiro atoms. The number of ether oxygens (including phenoxy) is 1. The van der Waals surface area contributed by atoms with Crippen LogP contribution < -0.4 is 5.32 Å². The van der Waals surface area contributed by atoms with Gasteiger partial charge in [0.2, 0.25) is 0 Å². The Bertz CT molecular complexity index is 291. The van der Waals surface area contributed by atoms with Crippen molar-refractivity contribution in [3.8, 4) is 0 Å². The molecule has 0 radical (unpaired) electrons. The molecule has 0 saturated heterocycles. The Balaban J connectivity index is 3.80. The number of amides is 2. The van der Waals surface area contributed by atoms with Crippen molar-refractivity contribution in [1.29, 1.82) is 0 Å². The fourth-order valence-electron chi connectivity index (χ4n) is 2.13. The largest absolute Gasteiger partial charge is 0.397 e. The van der Waals surface area contributed by atoms with E-state index in [0.717, 1.165) is 12.5 Å². The SMILES string of the molecule is C=CC(OCC)O[SiH2]CCCNC(=O)N(C(C)C)C(C)C. The molecule has 0 aromatic carbocycles. The van der Waals surface area contributed by atoms with Gasteiger partial charge in [-0.05, 0) is 53.2 Å². The van der Waals surface area contributed by atoms with Gasteiger partial charge in [-0.2, -0.15) is 0 Å². The number of hydrogen-bond acceptors (Lipinski definition) is 3. The van der Waals surface area contributed by atoms with E-state index < -0.39 is 9.76 Å². The maximum atomic E-state index is 12.1. The molecule has 1 unspecified atom stereocenters. The fraction of sp³-hybridized carbons (Fsp3) is 0.800. The van der Waals surface area contributed by atoms with Crippen LogP contribution in [0.1, 0.15) is 41.0 Å². The normalized spacial score (nSPS) is 13.1. The zero-order chi connectivity index (χ0) is 16.3. The molecule has 0 fully saturated rings. The third-order valence-electron chi connectivity index (χ3n) is 3.00. The average Bonchev–Trinajstić information content (AvgIpc) is 2.40. The van der Waals surface area contributed by atoms with Gasteiger partial charge in [0.25, 0.3) is 0 Å². The third kappa shape index (κ3) is 8.90. The molecule has 21 heavy (non-hydrogen) atoms. The van der Waals surface area contributed by atoms with Gasteiger partial charge in [0.15, 0.2) is 16.1 Å². The van der Waals surface area contributed by atoms with Gasteiger partial charge in [0.1, 0.15) is 0 Å². The Labute approximate surface area is 132 Å². The lowest BCUT2D eigenvalue weighted by Gasteiger charge is -2.30. The molecule has 0 heterocycles. The minimum absolute atomic E-state index is 0.0147. The number of carbonyl (C=O) groups is 1. The van der Waals surface area contributed by atoms with Crippen molar-refractivity contribution in [2.24, 2.45) is 0 Å². The average molecular weight is 317 g/mol. The van der Waals surface area contributed by atoms with Gasteiger partial charge in [0.05, 0.1) is 0 Å². The highest BCUT2D eigenvalue weighted by Crippen LogP contribution is 2.05. The zero-order valence-corrected chi connectivity index (χ0v) is 15.6. The number of nitrogens with zero attached hydrogens (tertiary/aromatic N) is 1. The minimum Gasteiger partial charge on any atom is -0.397 e. The molecule has 0 rings (SSSR count). The minimum atomic E-state index is -0.624. The van der Waals surface area contributed by atoms with Crippen LogP contribution in [0.3, 0.4) is 0 Å². The van der Waals surface area contributed by atoms with Crippen molar-refractivity contribution < 1.29 is 14.0 Å². The maximum Gasteiger partial charge on any atom is 0.317 e. The highest BCUT2D eigenvalue weighted by atomic mass is 28.2. The van der Waals surface area contributed by atoms with E-state index in [9.17, 15) is 4.79 Å². The van der Waals surface area contributed by atoms with Gasteiger partial charge in [-0.15, -0.1) is 0 Å². The molecule has 0 saturated carbocycles. The van der Waals surface area contributed by atoms with Gasteiger partial charge < -0.3 is 19.4 Å². The summed E-state index contributed by atoms with van der Waals surface area (Å²) < 4.78 is 11.0. The monoisotopic (exact) mass is 316 g/mol.